The van der Waals surface area contributed by atoms with E-state index in [4.69, 9.17) is 0 Å². The normalized spacial score (nSPS) is 15.1. The molecule has 0 N–H and O–H groups in total. The van der Waals surface area contributed by atoms with E-state index in [1.54, 1.807) is 0 Å². The molecule has 5 rings (SSSR count). The average Bonchev–Trinajstić information content (AvgIpc) is 3.25. The van der Waals surface area contributed by atoms with Crippen LogP contribution in [0.15, 0.2) is 54.6 Å². The quantitative estimate of drug-likeness (QED) is 0.443. The van der Waals surface area contributed by atoms with Crippen LogP contribution < -0.4 is 0 Å². The van der Waals surface area contributed by atoms with Gasteiger partial charge in [-0.3, -0.25) is 0 Å². The summed E-state index contributed by atoms with van der Waals surface area (Å²) >= 11 is 0. The molecule has 2 aromatic carbocycles. The largest absolute Gasteiger partial charge is 0.343 e. The molecule has 0 radical (unpaired) electrons. The Morgan fingerprint density at radius 1 is 1.04 bits per heavy atom. The maximum absolute atomic E-state index is 2.39. The Morgan fingerprint density at radius 2 is 1.91 bits per heavy atom. The third kappa shape index (κ3) is 1.62. The van der Waals surface area contributed by atoms with Gasteiger partial charge in [-0.15, -0.1) is 0 Å². The highest BCUT2D eigenvalue weighted by Gasteiger charge is 2.27. The van der Waals surface area contributed by atoms with E-state index in [1.165, 1.54) is 50.0 Å². The highest BCUT2D eigenvalue weighted by Crippen LogP contribution is 2.45. The molecule has 3 aromatic rings. The van der Waals surface area contributed by atoms with Crippen LogP contribution in [0.3, 0.4) is 0 Å². The molecule has 1 aromatic heterocycles. The van der Waals surface area contributed by atoms with Gasteiger partial charge >= 0.3 is 0 Å². The molecule has 0 unspecified atom stereocenters. The Kier molecular flexibility index (Phi) is 2.52. The minimum absolute atomic E-state index is 1.05. The Hall–Kier alpha value is -2.54. The van der Waals surface area contributed by atoms with E-state index in [0.29, 0.717) is 0 Å². The van der Waals surface area contributed by atoms with E-state index in [2.05, 4.69) is 73.2 Å². The SMILES string of the molecule is Cc1ccc2c(c3c(n2C)-c2ccccc2C3)c1C1=CCC=C1. The van der Waals surface area contributed by atoms with Crippen LogP contribution in [0.1, 0.15) is 28.7 Å². The maximum atomic E-state index is 2.39. The van der Waals surface area contributed by atoms with Crippen molar-refractivity contribution in [3.8, 4) is 11.3 Å². The molecule has 1 nitrogen and oxygen atoms in total. The van der Waals surface area contributed by atoms with E-state index >= 15 is 0 Å². The fraction of sp³-hybridized carbons (Fsp3) is 0.182. The van der Waals surface area contributed by atoms with Crippen molar-refractivity contribution < 1.29 is 0 Å². The third-order valence-electron chi connectivity index (χ3n) is 5.38. The molecule has 2 aliphatic carbocycles. The highest BCUT2D eigenvalue weighted by atomic mass is 15.0. The van der Waals surface area contributed by atoms with Crippen molar-refractivity contribution in [3.05, 3.63) is 76.9 Å². The van der Waals surface area contributed by atoms with Crippen molar-refractivity contribution in [1.82, 2.24) is 4.57 Å². The molecule has 2 aliphatic rings. The molecule has 0 spiro atoms. The summed E-state index contributed by atoms with van der Waals surface area (Å²) in [4.78, 5) is 0. The van der Waals surface area contributed by atoms with E-state index in [0.717, 1.165) is 12.8 Å². The Bertz CT molecular complexity index is 1030. The van der Waals surface area contributed by atoms with Gasteiger partial charge in [-0.1, -0.05) is 48.6 Å². The fourth-order valence-electron chi connectivity index (χ4n) is 4.35. The average molecular weight is 297 g/mol. The summed E-state index contributed by atoms with van der Waals surface area (Å²) in [6.45, 7) is 2.24. The fourth-order valence-corrected chi connectivity index (χ4v) is 4.35. The Morgan fingerprint density at radius 3 is 2.74 bits per heavy atom. The molecule has 0 atom stereocenters. The van der Waals surface area contributed by atoms with Crippen LogP contribution in [-0.2, 0) is 13.5 Å². The van der Waals surface area contributed by atoms with Crippen molar-refractivity contribution in [3.63, 3.8) is 0 Å². The van der Waals surface area contributed by atoms with Crippen molar-refractivity contribution in [2.24, 2.45) is 7.05 Å². The number of benzene rings is 2. The molecule has 112 valence electrons. The highest BCUT2D eigenvalue weighted by molar-refractivity contribution is 6.04. The Labute approximate surface area is 136 Å². The van der Waals surface area contributed by atoms with Crippen LogP contribution in [0, 0.1) is 6.92 Å². The van der Waals surface area contributed by atoms with Crippen molar-refractivity contribution in [2.75, 3.05) is 0 Å². The standard InChI is InChI=1S/C22H19N/c1-14-11-12-19-21(20(14)15-7-3-4-8-15)18-13-16-9-5-6-10-17(16)22(18)23(19)2/h3,5-12H,4,13H2,1-2H3. The van der Waals surface area contributed by atoms with Gasteiger partial charge in [-0.2, -0.15) is 0 Å². The van der Waals surface area contributed by atoms with Gasteiger partial charge in [0.2, 0.25) is 0 Å². The summed E-state index contributed by atoms with van der Waals surface area (Å²) in [5.41, 5.74) is 11.3. The molecule has 0 bridgehead atoms. The minimum Gasteiger partial charge on any atom is -0.343 e. The van der Waals surface area contributed by atoms with Crippen LogP contribution in [-0.4, -0.2) is 4.57 Å². The Balaban J connectivity index is 1.92. The summed E-state index contributed by atoms with van der Waals surface area (Å²) in [6, 6.07) is 13.4. The van der Waals surface area contributed by atoms with Gasteiger partial charge in [-0.25, -0.2) is 0 Å². The molecule has 23 heavy (non-hydrogen) atoms. The van der Waals surface area contributed by atoms with Gasteiger partial charge in [0.25, 0.3) is 0 Å². The molecule has 0 saturated heterocycles. The first kappa shape index (κ1) is 13.0. The van der Waals surface area contributed by atoms with Gasteiger partial charge in [0.05, 0.1) is 5.69 Å². The maximum Gasteiger partial charge on any atom is 0.0527 e. The smallest absolute Gasteiger partial charge is 0.0527 e. The van der Waals surface area contributed by atoms with Crippen LogP contribution in [0.2, 0.25) is 0 Å². The van der Waals surface area contributed by atoms with Crippen LogP contribution in [0.5, 0.6) is 0 Å². The molecule has 1 heteroatoms. The van der Waals surface area contributed by atoms with Gasteiger partial charge in [-0.05, 0) is 47.2 Å². The lowest BCUT2D eigenvalue weighted by Gasteiger charge is -2.11. The number of rotatable bonds is 1. The summed E-state index contributed by atoms with van der Waals surface area (Å²) < 4.78 is 2.39. The van der Waals surface area contributed by atoms with Crippen LogP contribution in [0.4, 0.5) is 0 Å². The van der Waals surface area contributed by atoms with Gasteiger partial charge in [0.15, 0.2) is 0 Å². The number of hydrogen-bond acceptors (Lipinski definition) is 0. The summed E-state index contributed by atoms with van der Waals surface area (Å²) in [7, 11) is 2.21. The first-order valence-corrected chi connectivity index (χ1v) is 8.32. The van der Waals surface area contributed by atoms with Gasteiger partial charge in [0.1, 0.15) is 0 Å². The molecule has 0 aliphatic heterocycles. The van der Waals surface area contributed by atoms with Crippen molar-refractivity contribution in [2.45, 2.75) is 19.8 Å². The second kappa shape index (κ2) is 4.48. The molecular formula is C22H19N. The number of aryl methyl sites for hydroxylation is 2. The topological polar surface area (TPSA) is 4.93 Å². The van der Waals surface area contributed by atoms with Gasteiger partial charge in [0, 0.05) is 29.9 Å². The monoisotopic (exact) mass is 297 g/mol. The van der Waals surface area contributed by atoms with E-state index in [1.807, 2.05) is 0 Å². The molecular weight excluding hydrogens is 278 g/mol. The van der Waals surface area contributed by atoms with Crippen LogP contribution in [0.25, 0.3) is 27.7 Å². The molecule has 0 amide bonds. The van der Waals surface area contributed by atoms with E-state index in [-0.39, 0.29) is 0 Å². The number of aromatic nitrogens is 1. The van der Waals surface area contributed by atoms with Crippen molar-refractivity contribution in [1.29, 1.82) is 0 Å². The van der Waals surface area contributed by atoms with Crippen LogP contribution >= 0.6 is 0 Å². The third-order valence-corrected chi connectivity index (χ3v) is 5.38. The van der Waals surface area contributed by atoms with E-state index in [9.17, 15) is 0 Å². The minimum atomic E-state index is 1.05. The molecule has 0 fully saturated rings. The summed E-state index contributed by atoms with van der Waals surface area (Å²) in [5, 5.41) is 1.46. The number of hydrogen-bond donors (Lipinski definition) is 0. The zero-order chi connectivity index (χ0) is 15.6. The molecule has 1 heterocycles. The molecule has 0 saturated carbocycles. The number of fused-ring (bicyclic) bond motifs is 5. The summed E-state index contributed by atoms with van der Waals surface area (Å²) in [5.74, 6) is 0. The number of allylic oxidation sites excluding steroid dienone is 4. The number of nitrogens with zero attached hydrogens (tertiary/aromatic N) is 1. The lowest BCUT2D eigenvalue weighted by Crippen LogP contribution is -1.93. The second-order valence-corrected chi connectivity index (χ2v) is 6.67. The summed E-state index contributed by atoms with van der Waals surface area (Å²) in [6.07, 6.45) is 8.99. The van der Waals surface area contributed by atoms with E-state index < -0.39 is 0 Å². The lowest BCUT2D eigenvalue weighted by atomic mass is 9.94. The van der Waals surface area contributed by atoms with Gasteiger partial charge < -0.3 is 4.57 Å². The zero-order valence-electron chi connectivity index (χ0n) is 13.6. The predicted molar refractivity (Wildman–Crippen MR) is 97.6 cm³/mol. The van der Waals surface area contributed by atoms with Crippen molar-refractivity contribution >= 4 is 16.5 Å². The zero-order valence-corrected chi connectivity index (χ0v) is 13.6. The first-order chi connectivity index (χ1) is 11.3. The predicted octanol–water partition coefficient (Wildman–Crippen LogP) is 5.40. The first-order valence-electron chi connectivity index (χ1n) is 8.32. The lowest BCUT2D eigenvalue weighted by molar-refractivity contribution is 0.978. The second-order valence-electron chi connectivity index (χ2n) is 6.67.